The number of anilines is 2. The molecule has 12 heteroatoms. The van der Waals surface area contributed by atoms with E-state index in [-0.39, 0.29) is 24.2 Å². The largest absolute Gasteiger partial charge is 0.454 e. The topological polar surface area (TPSA) is 119 Å². The number of halogens is 1. The first-order valence-electron chi connectivity index (χ1n) is 12.8. The summed E-state index contributed by atoms with van der Waals surface area (Å²) in [6, 6.07) is 19.7. The minimum atomic E-state index is -0.548. The molecule has 0 radical (unpaired) electrons. The summed E-state index contributed by atoms with van der Waals surface area (Å²) in [5.41, 5.74) is 3.39. The number of rotatable bonds is 7. The number of thioether (sulfide) groups is 1. The van der Waals surface area contributed by atoms with Crippen LogP contribution in [-0.4, -0.2) is 45.8 Å². The highest BCUT2D eigenvalue weighted by Crippen LogP contribution is 2.36. The van der Waals surface area contributed by atoms with E-state index in [1.54, 1.807) is 48.5 Å². The molecule has 212 valence electrons. The summed E-state index contributed by atoms with van der Waals surface area (Å²) in [7, 11) is 0. The van der Waals surface area contributed by atoms with E-state index in [4.69, 9.17) is 9.47 Å². The molecule has 0 atom stereocenters. The summed E-state index contributed by atoms with van der Waals surface area (Å²) in [6.07, 6.45) is 1.65. The number of benzene rings is 3. The Morgan fingerprint density at radius 1 is 0.929 bits per heavy atom. The van der Waals surface area contributed by atoms with E-state index in [9.17, 15) is 19.2 Å². The number of carbonyl (C=O) groups is 4. The van der Waals surface area contributed by atoms with Crippen LogP contribution in [0.3, 0.4) is 0 Å². The normalized spacial score (nSPS) is 15.1. The van der Waals surface area contributed by atoms with Crippen LogP contribution < -0.4 is 20.1 Å². The van der Waals surface area contributed by atoms with Crippen LogP contribution in [0.1, 0.15) is 11.3 Å². The second-order valence-electron chi connectivity index (χ2n) is 9.54. The van der Waals surface area contributed by atoms with Gasteiger partial charge in [-0.2, -0.15) is 0 Å². The molecule has 0 saturated carbocycles. The molecule has 6 rings (SSSR count). The zero-order valence-corrected chi connectivity index (χ0v) is 24.6. The van der Waals surface area contributed by atoms with Gasteiger partial charge in [0.25, 0.3) is 11.1 Å². The van der Waals surface area contributed by atoms with Gasteiger partial charge in [-0.1, -0.05) is 34.1 Å². The van der Waals surface area contributed by atoms with Gasteiger partial charge in [-0.15, -0.1) is 0 Å². The Bertz CT molecular complexity index is 1800. The lowest BCUT2D eigenvalue weighted by molar-refractivity contribution is -0.127. The summed E-state index contributed by atoms with van der Waals surface area (Å²) in [5.74, 6) is -0.0896. The van der Waals surface area contributed by atoms with E-state index in [0.29, 0.717) is 28.4 Å². The molecule has 0 unspecified atom stereocenters. The monoisotopic (exact) mass is 646 g/mol. The van der Waals surface area contributed by atoms with Crippen LogP contribution in [0.5, 0.6) is 11.5 Å². The fourth-order valence-electron chi connectivity index (χ4n) is 4.81. The molecular formula is C30H23BrN4O6S. The second kappa shape index (κ2) is 11.4. The molecule has 1 fully saturated rings. The number of para-hydroxylation sites is 1. The lowest BCUT2D eigenvalue weighted by Gasteiger charge is -2.12. The van der Waals surface area contributed by atoms with Gasteiger partial charge in [0.05, 0.1) is 4.91 Å². The Morgan fingerprint density at radius 2 is 1.62 bits per heavy atom. The molecule has 0 spiro atoms. The molecule has 4 amide bonds. The molecule has 1 aromatic heterocycles. The van der Waals surface area contributed by atoms with Crippen molar-refractivity contribution in [3.05, 3.63) is 87.4 Å². The summed E-state index contributed by atoms with van der Waals surface area (Å²) in [5, 5.41) is 5.89. The van der Waals surface area contributed by atoms with Crippen LogP contribution in [-0.2, 0) is 20.9 Å². The Labute approximate surface area is 252 Å². The Hall–Kier alpha value is -4.55. The lowest BCUT2D eigenvalue weighted by atomic mass is 10.1. The molecule has 10 nitrogen and oxygen atoms in total. The molecule has 0 bridgehead atoms. The Balaban J connectivity index is 1.21. The number of aromatic nitrogens is 1. The van der Waals surface area contributed by atoms with Gasteiger partial charge in [0.2, 0.25) is 18.6 Å². The van der Waals surface area contributed by atoms with E-state index in [1.807, 2.05) is 35.8 Å². The number of ether oxygens (including phenoxy) is 2. The molecule has 2 N–H and O–H groups in total. The van der Waals surface area contributed by atoms with Gasteiger partial charge in [-0.25, -0.2) is 0 Å². The predicted molar refractivity (Wildman–Crippen MR) is 163 cm³/mol. The van der Waals surface area contributed by atoms with Gasteiger partial charge in [0.15, 0.2) is 11.5 Å². The Morgan fingerprint density at radius 3 is 2.43 bits per heavy atom. The number of nitrogens with one attached hydrogen (secondary N) is 2. The zero-order chi connectivity index (χ0) is 29.4. The minimum absolute atomic E-state index is 0.0202. The van der Waals surface area contributed by atoms with Crippen molar-refractivity contribution in [3.63, 3.8) is 0 Å². The van der Waals surface area contributed by atoms with Gasteiger partial charge >= 0.3 is 0 Å². The molecular weight excluding hydrogens is 624 g/mol. The standard InChI is InChI=1S/C30H23BrN4O6S/c1-17-22(13-26-29(38)35(30(39)42-26)15-28(37)32-19-8-6-18(31)7-9-19)21-4-2-3-5-23(21)34(17)14-27(36)33-20-10-11-24-25(12-20)41-16-40-24/h2-13H,14-16H2,1H3,(H,32,37)(H,33,36)/b26-13-. The molecule has 3 aromatic carbocycles. The van der Waals surface area contributed by atoms with Crippen LogP contribution in [0.15, 0.2) is 76.1 Å². The lowest BCUT2D eigenvalue weighted by Crippen LogP contribution is -2.36. The van der Waals surface area contributed by atoms with Gasteiger partial charge < -0.3 is 24.7 Å². The highest BCUT2D eigenvalue weighted by molar-refractivity contribution is 9.10. The maximum absolute atomic E-state index is 13.2. The highest BCUT2D eigenvalue weighted by atomic mass is 79.9. The van der Waals surface area contributed by atoms with Crippen molar-refractivity contribution in [2.45, 2.75) is 13.5 Å². The van der Waals surface area contributed by atoms with E-state index in [0.717, 1.165) is 37.7 Å². The predicted octanol–water partition coefficient (Wildman–Crippen LogP) is 5.75. The van der Waals surface area contributed by atoms with Crippen LogP contribution in [0.25, 0.3) is 17.0 Å². The van der Waals surface area contributed by atoms with Gasteiger partial charge in [-0.05, 0) is 67.2 Å². The summed E-state index contributed by atoms with van der Waals surface area (Å²) < 4.78 is 13.4. The van der Waals surface area contributed by atoms with E-state index >= 15 is 0 Å². The van der Waals surface area contributed by atoms with Crippen molar-refractivity contribution < 1.29 is 28.7 Å². The number of nitrogens with zero attached hydrogens (tertiary/aromatic N) is 2. The zero-order valence-electron chi connectivity index (χ0n) is 22.2. The van der Waals surface area contributed by atoms with Crippen molar-refractivity contribution in [2.24, 2.45) is 0 Å². The smallest absolute Gasteiger partial charge is 0.294 e. The molecule has 4 aromatic rings. The third kappa shape index (κ3) is 5.50. The molecule has 1 saturated heterocycles. The fourth-order valence-corrected chi connectivity index (χ4v) is 5.89. The van der Waals surface area contributed by atoms with E-state index in [2.05, 4.69) is 26.6 Å². The summed E-state index contributed by atoms with van der Waals surface area (Å²) >= 11 is 4.12. The SMILES string of the molecule is Cc1c(/C=C2\SC(=O)N(CC(=O)Nc3ccc(Br)cc3)C2=O)c2ccccc2n1CC(=O)Nc1ccc2c(c1)OCO2. The van der Waals surface area contributed by atoms with Crippen molar-refractivity contribution in [3.8, 4) is 11.5 Å². The van der Waals surface area contributed by atoms with Crippen molar-refractivity contribution in [1.82, 2.24) is 9.47 Å². The fraction of sp³-hybridized carbons (Fsp3) is 0.133. The van der Waals surface area contributed by atoms with Crippen LogP contribution >= 0.6 is 27.7 Å². The second-order valence-corrected chi connectivity index (χ2v) is 11.5. The highest BCUT2D eigenvalue weighted by Gasteiger charge is 2.36. The molecule has 2 aliphatic rings. The van der Waals surface area contributed by atoms with Crippen LogP contribution in [0.4, 0.5) is 16.2 Å². The van der Waals surface area contributed by atoms with E-state index < -0.39 is 23.6 Å². The molecule has 3 heterocycles. The first-order valence-corrected chi connectivity index (χ1v) is 14.5. The van der Waals surface area contributed by atoms with Crippen LogP contribution in [0, 0.1) is 6.92 Å². The average molecular weight is 648 g/mol. The molecule has 42 heavy (non-hydrogen) atoms. The number of fused-ring (bicyclic) bond motifs is 2. The number of imide groups is 1. The van der Waals surface area contributed by atoms with Crippen molar-refractivity contribution >= 4 is 79.0 Å². The number of carbonyl (C=O) groups excluding carboxylic acids is 4. The van der Waals surface area contributed by atoms with Crippen LogP contribution in [0.2, 0.25) is 0 Å². The Kier molecular flexibility index (Phi) is 7.48. The first kappa shape index (κ1) is 27.6. The summed E-state index contributed by atoms with van der Waals surface area (Å²) in [6.45, 7) is 1.61. The molecule has 2 aliphatic heterocycles. The third-order valence-corrected chi connectivity index (χ3v) is 8.25. The summed E-state index contributed by atoms with van der Waals surface area (Å²) in [4.78, 5) is 52.7. The van der Waals surface area contributed by atoms with E-state index in [1.165, 1.54) is 0 Å². The molecule has 0 aliphatic carbocycles. The number of hydrogen-bond donors (Lipinski definition) is 2. The van der Waals surface area contributed by atoms with Gasteiger partial charge in [-0.3, -0.25) is 24.1 Å². The van der Waals surface area contributed by atoms with Crippen molar-refractivity contribution in [2.75, 3.05) is 24.0 Å². The number of hydrogen-bond acceptors (Lipinski definition) is 7. The first-order chi connectivity index (χ1) is 20.3. The number of amides is 4. The average Bonchev–Trinajstić information content (AvgIpc) is 3.62. The van der Waals surface area contributed by atoms with Crippen molar-refractivity contribution in [1.29, 1.82) is 0 Å². The minimum Gasteiger partial charge on any atom is -0.454 e. The maximum atomic E-state index is 13.2. The van der Waals surface area contributed by atoms with Gasteiger partial charge in [0.1, 0.15) is 13.1 Å². The quantitative estimate of drug-likeness (QED) is 0.245. The maximum Gasteiger partial charge on any atom is 0.294 e. The third-order valence-electron chi connectivity index (χ3n) is 6.82. The van der Waals surface area contributed by atoms with Gasteiger partial charge in [0, 0.05) is 44.1 Å².